The van der Waals surface area contributed by atoms with Crippen LogP contribution in [0.15, 0.2) is 53.4 Å². The molecule has 0 saturated carbocycles. The number of hydrogen-bond acceptors (Lipinski definition) is 4. The smallest absolute Gasteiger partial charge is 0.241 e. The Balaban J connectivity index is 2.42. The highest BCUT2D eigenvalue weighted by Gasteiger charge is 2.24. The van der Waals surface area contributed by atoms with E-state index in [9.17, 15) is 18.3 Å². The van der Waals surface area contributed by atoms with Crippen LogP contribution in [-0.2, 0) is 27.7 Å². The predicted molar refractivity (Wildman–Crippen MR) is 94.3 cm³/mol. The van der Waals surface area contributed by atoms with Crippen molar-refractivity contribution in [3.05, 3.63) is 65.2 Å². The van der Waals surface area contributed by atoms with Gasteiger partial charge in [0.25, 0.3) is 0 Å². The lowest BCUT2D eigenvalue weighted by Gasteiger charge is -2.21. The third-order valence-corrected chi connectivity index (χ3v) is 5.63. The van der Waals surface area contributed by atoms with E-state index in [-0.39, 0.29) is 4.90 Å². The summed E-state index contributed by atoms with van der Waals surface area (Å²) in [7, 11) is -3.87. The summed E-state index contributed by atoms with van der Waals surface area (Å²) in [5.41, 5.74) is 2.19. The summed E-state index contributed by atoms with van der Waals surface area (Å²) in [6.07, 6.45) is 0.850. The largest absolute Gasteiger partial charge is 0.550 e. The van der Waals surface area contributed by atoms with Gasteiger partial charge in [0.2, 0.25) is 10.0 Å². The van der Waals surface area contributed by atoms with Crippen molar-refractivity contribution in [2.45, 2.75) is 44.0 Å². The molecule has 1 N–H and O–H groups in total. The molecule has 0 radical (unpaired) electrons. The van der Waals surface area contributed by atoms with Crippen molar-refractivity contribution in [3.8, 4) is 0 Å². The molecule has 0 bridgehead atoms. The molecule has 0 aliphatic heterocycles. The van der Waals surface area contributed by atoms with Crippen LogP contribution in [-0.4, -0.2) is 14.4 Å². The minimum Gasteiger partial charge on any atom is -0.550 e. The summed E-state index contributed by atoms with van der Waals surface area (Å²) < 4.78 is 28.4. The van der Waals surface area contributed by atoms with Gasteiger partial charge in [-0.15, -0.1) is 0 Å². The Morgan fingerprint density at radius 3 is 2.32 bits per heavy atom. The van der Waals surface area contributed by atoms with E-state index in [0.717, 1.165) is 5.56 Å². The number of aryl methyl sites for hydroxylation is 2. The molecule has 2 aromatic rings. The summed E-state index contributed by atoms with van der Waals surface area (Å²) in [6, 6.07) is 13.1. The number of sulfonamides is 1. The van der Waals surface area contributed by atoms with Gasteiger partial charge in [0.1, 0.15) is 0 Å². The number of carboxylic acids is 1. The van der Waals surface area contributed by atoms with Crippen molar-refractivity contribution >= 4 is 16.0 Å². The zero-order chi connectivity index (χ0) is 18.4. The molecule has 0 fully saturated rings. The summed E-state index contributed by atoms with van der Waals surface area (Å²) in [5.74, 6) is -1.31. The fraction of sp³-hybridized carbons (Fsp3) is 0.316. The molecule has 0 aliphatic carbocycles. The number of hydrogen-bond donors (Lipinski definition) is 1. The number of aliphatic carboxylic acids is 1. The molecular weight excluding hydrogens is 338 g/mol. The molecule has 0 aliphatic rings. The number of carbonyl (C=O) groups is 1. The van der Waals surface area contributed by atoms with Crippen molar-refractivity contribution in [1.82, 2.24) is 4.72 Å². The molecule has 134 valence electrons. The Labute approximate surface area is 148 Å². The average Bonchev–Trinajstić information content (AvgIpc) is 2.60. The fourth-order valence-corrected chi connectivity index (χ4v) is 4.28. The molecule has 5 nitrogen and oxygen atoms in total. The molecule has 25 heavy (non-hydrogen) atoms. The second-order valence-electron chi connectivity index (χ2n) is 5.81. The monoisotopic (exact) mass is 360 g/mol. The third kappa shape index (κ3) is 4.90. The first kappa shape index (κ1) is 19.1. The van der Waals surface area contributed by atoms with Gasteiger partial charge >= 0.3 is 0 Å². The summed E-state index contributed by atoms with van der Waals surface area (Å²) in [6.45, 7) is 3.84. The first-order valence-electron chi connectivity index (χ1n) is 8.26. The highest BCUT2D eigenvalue weighted by Crippen LogP contribution is 2.23. The molecule has 0 amide bonds. The molecule has 0 saturated heterocycles. The van der Waals surface area contributed by atoms with Crippen LogP contribution in [0.25, 0.3) is 0 Å². The van der Waals surface area contributed by atoms with Crippen LogP contribution in [0.1, 0.15) is 43.0 Å². The topological polar surface area (TPSA) is 86.3 Å². The van der Waals surface area contributed by atoms with Gasteiger partial charge in [-0.2, -0.15) is 0 Å². The summed E-state index contributed by atoms with van der Waals surface area (Å²) in [4.78, 5) is 11.3. The second kappa shape index (κ2) is 8.27. The van der Waals surface area contributed by atoms with E-state index >= 15 is 0 Å². The van der Waals surface area contributed by atoms with Crippen LogP contribution in [0.3, 0.4) is 0 Å². The summed E-state index contributed by atoms with van der Waals surface area (Å²) >= 11 is 0. The van der Waals surface area contributed by atoms with Crippen LogP contribution in [0.5, 0.6) is 0 Å². The van der Waals surface area contributed by atoms with Gasteiger partial charge in [-0.1, -0.05) is 56.3 Å². The van der Waals surface area contributed by atoms with Crippen molar-refractivity contribution < 1.29 is 18.3 Å². The van der Waals surface area contributed by atoms with Crippen LogP contribution < -0.4 is 9.83 Å². The number of nitrogens with one attached hydrogen (secondary N) is 1. The zero-order valence-electron chi connectivity index (χ0n) is 14.4. The molecule has 2 rings (SSSR count). The minimum atomic E-state index is -3.87. The average molecular weight is 360 g/mol. The van der Waals surface area contributed by atoms with Crippen molar-refractivity contribution in [2.24, 2.45) is 0 Å². The van der Waals surface area contributed by atoms with Crippen molar-refractivity contribution in [3.63, 3.8) is 0 Å². The van der Waals surface area contributed by atoms with Gasteiger partial charge in [0.15, 0.2) is 0 Å². The van der Waals surface area contributed by atoms with E-state index in [1.165, 1.54) is 0 Å². The number of rotatable bonds is 8. The Hall–Kier alpha value is -2.18. The molecule has 0 heterocycles. The number of carbonyl (C=O) groups excluding carboxylic acids is 1. The van der Waals surface area contributed by atoms with Crippen LogP contribution in [0.4, 0.5) is 0 Å². The molecule has 6 heteroatoms. The number of benzene rings is 2. The highest BCUT2D eigenvalue weighted by molar-refractivity contribution is 7.89. The third-order valence-electron chi connectivity index (χ3n) is 4.08. The van der Waals surface area contributed by atoms with E-state index in [4.69, 9.17) is 0 Å². The lowest BCUT2D eigenvalue weighted by atomic mass is 10.1. The van der Waals surface area contributed by atoms with Crippen molar-refractivity contribution in [1.29, 1.82) is 0 Å². The Morgan fingerprint density at radius 1 is 1.08 bits per heavy atom. The Kier molecular flexibility index (Phi) is 6.33. The van der Waals surface area contributed by atoms with Crippen LogP contribution in [0.2, 0.25) is 0 Å². The molecule has 1 unspecified atom stereocenters. The van der Waals surface area contributed by atoms with Gasteiger partial charge < -0.3 is 9.90 Å². The van der Waals surface area contributed by atoms with Crippen molar-refractivity contribution in [2.75, 3.05) is 0 Å². The first-order valence-corrected chi connectivity index (χ1v) is 9.74. The highest BCUT2D eigenvalue weighted by atomic mass is 32.2. The van der Waals surface area contributed by atoms with Gasteiger partial charge in [-0.3, -0.25) is 0 Å². The maximum absolute atomic E-state index is 12.9. The molecule has 1 atom stereocenters. The quantitative estimate of drug-likeness (QED) is 0.780. The second-order valence-corrected chi connectivity index (χ2v) is 7.49. The SMILES string of the molecule is CCc1ccc(CC)c(S(=O)(=O)NC(CC(=O)[O-])c2ccccc2)c1. The zero-order valence-corrected chi connectivity index (χ0v) is 15.2. The Bertz CT molecular complexity index is 832. The normalized spacial score (nSPS) is 12.7. The molecule has 2 aromatic carbocycles. The fourth-order valence-electron chi connectivity index (χ4n) is 2.69. The van der Waals surface area contributed by atoms with Crippen LogP contribution in [0, 0.1) is 0 Å². The van der Waals surface area contributed by atoms with E-state index in [2.05, 4.69) is 4.72 Å². The lowest BCUT2D eigenvalue weighted by molar-refractivity contribution is -0.306. The molecular formula is C19H22NO4S-. The maximum Gasteiger partial charge on any atom is 0.241 e. The van der Waals surface area contributed by atoms with Gasteiger partial charge in [0.05, 0.1) is 10.9 Å². The lowest BCUT2D eigenvalue weighted by Crippen LogP contribution is -2.34. The first-order chi connectivity index (χ1) is 11.9. The van der Waals surface area contributed by atoms with E-state index in [1.54, 1.807) is 36.4 Å². The van der Waals surface area contributed by atoms with Gasteiger partial charge in [-0.25, -0.2) is 13.1 Å². The van der Waals surface area contributed by atoms with E-state index in [0.29, 0.717) is 24.0 Å². The van der Waals surface area contributed by atoms with E-state index < -0.39 is 28.5 Å². The van der Waals surface area contributed by atoms with Gasteiger partial charge in [0, 0.05) is 12.4 Å². The van der Waals surface area contributed by atoms with E-state index in [1.807, 2.05) is 26.0 Å². The Morgan fingerprint density at radius 2 is 1.76 bits per heavy atom. The van der Waals surface area contributed by atoms with Crippen LogP contribution >= 0.6 is 0 Å². The molecule has 0 spiro atoms. The minimum absolute atomic E-state index is 0.202. The maximum atomic E-state index is 12.9. The molecule has 0 aromatic heterocycles. The van der Waals surface area contributed by atoms with Gasteiger partial charge in [-0.05, 0) is 35.6 Å². The number of carboxylic acid groups (broad SMARTS) is 1. The summed E-state index contributed by atoms with van der Waals surface area (Å²) in [5, 5.41) is 11.1. The standard InChI is InChI=1S/C19H23NO4S/c1-3-14-10-11-15(4-2)18(12-14)25(23,24)20-17(13-19(21)22)16-8-6-5-7-9-16/h5-12,17,20H,3-4,13H2,1-2H3,(H,21,22)/p-1. The predicted octanol–water partition coefficient (Wildman–Crippen LogP) is 1.97.